The summed E-state index contributed by atoms with van der Waals surface area (Å²) in [5.41, 5.74) is 5.90. The van der Waals surface area contributed by atoms with Crippen molar-refractivity contribution in [3.63, 3.8) is 0 Å². The van der Waals surface area contributed by atoms with Crippen LogP contribution in [-0.2, 0) is 10.5 Å². The van der Waals surface area contributed by atoms with Crippen LogP contribution in [0, 0.1) is 17.0 Å². The number of carbonyl (C=O) groups excluding carboxylic acids is 1. The number of aromatic amines is 1. The molecule has 0 saturated heterocycles. The molecule has 2 aromatic carbocycles. The Morgan fingerprint density at radius 1 is 1.27 bits per heavy atom. The van der Waals surface area contributed by atoms with Gasteiger partial charge in [0.05, 0.1) is 16.9 Å². The number of nitro benzene ring substituents is 1. The van der Waals surface area contributed by atoms with Crippen molar-refractivity contribution in [2.45, 2.75) is 12.7 Å². The summed E-state index contributed by atoms with van der Waals surface area (Å²) in [6.45, 7) is 1.90. The summed E-state index contributed by atoms with van der Waals surface area (Å²) in [5.74, 6) is 0.520. The molecule has 30 heavy (non-hydrogen) atoms. The highest BCUT2D eigenvalue weighted by Crippen LogP contribution is 2.17. The Labute approximate surface area is 182 Å². The molecule has 1 heterocycles. The van der Waals surface area contributed by atoms with E-state index in [9.17, 15) is 14.9 Å². The minimum absolute atomic E-state index is 0.0446. The minimum Gasteiger partial charge on any atom is -0.272 e. The number of hydrogen-bond donors (Lipinski definition) is 2. The van der Waals surface area contributed by atoms with E-state index in [4.69, 9.17) is 11.6 Å². The first-order valence-electron chi connectivity index (χ1n) is 8.94. The molecule has 1 aromatic heterocycles. The molecule has 0 fully saturated rings. The van der Waals surface area contributed by atoms with Crippen molar-refractivity contribution in [1.82, 2.24) is 10.5 Å². The molecule has 154 valence electrons. The lowest BCUT2D eigenvalue weighted by atomic mass is 10.2. The van der Waals surface area contributed by atoms with Gasteiger partial charge in [-0.1, -0.05) is 46.6 Å². The highest BCUT2D eigenvalue weighted by Gasteiger charge is 2.21. The van der Waals surface area contributed by atoms with Gasteiger partial charge in [-0.25, -0.2) is 5.43 Å². The molecular weight excluding hydrogens is 426 g/mol. The van der Waals surface area contributed by atoms with Gasteiger partial charge in [0, 0.05) is 36.9 Å². The van der Waals surface area contributed by atoms with E-state index in [2.05, 4.69) is 15.6 Å². The Morgan fingerprint density at radius 3 is 2.63 bits per heavy atom. The van der Waals surface area contributed by atoms with Gasteiger partial charge in [0.1, 0.15) is 5.56 Å². The Hall–Kier alpha value is -3.17. The third kappa shape index (κ3) is 5.46. The monoisotopic (exact) mass is 444 g/mol. The number of para-hydroxylation sites is 1. The summed E-state index contributed by atoms with van der Waals surface area (Å²) in [6.07, 6.45) is 1.51. The smallest absolute Gasteiger partial charge is 0.269 e. The van der Waals surface area contributed by atoms with Gasteiger partial charge in [-0.05, 0) is 5.56 Å². The molecule has 1 amide bonds. The van der Waals surface area contributed by atoms with Gasteiger partial charge in [-0.2, -0.15) is 5.10 Å². The van der Waals surface area contributed by atoms with Crippen LogP contribution in [0.15, 0.2) is 59.7 Å². The molecule has 8 nitrogen and oxygen atoms in total. The third-order valence-electron chi connectivity index (χ3n) is 4.22. The summed E-state index contributed by atoms with van der Waals surface area (Å²) >= 11 is 7.66. The second-order valence-electron chi connectivity index (χ2n) is 6.31. The second-order valence-corrected chi connectivity index (χ2v) is 7.67. The Bertz CT molecular complexity index is 1070. The lowest BCUT2D eigenvalue weighted by Gasteiger charge is -2.01. The van der Waals surface area contributed by atoms with Gasteiger partial charge in [0.15, 0.2) is 5.15 Å². The van der Waals surface area contributed by atoms with Crippen LogP contribution < -0.4 is 10.1 Å². The van der Waals surface area contributed by atoms with E-state index < -0.39 is 4.92 Å². The number of benzene rings is 2. The van der Waals surface area contributed by atoms with Crippen LogP contribution in [0.4, 0.5) is 5.69 Å². The molecule has 10 heteroatoms. The number of thioether (sulfide) groups is 1. The van der Waals surface area contributed by atoms with Crippen LogP contribution in [0.1, 0.15) is 16.8 Å². The molecule has 0 spiro atoms. The maximum Gasteiger partial charge on any atom is 0.269 e. The molecule has 3 aromatic rings. The number of nitrogens with zero attached hydrogens (tertiary/aromatic N) is 3. The predicted octanol–water partition coefficient (Wildman–Crippen LogP) is 3.54. The number of rotatable bonds is 8. The average Bonchev–Trinajstić information content (AvgIpc) is 3.03. The fourth-order valence-electron chi connectivity index (χ4n) is 2.68. The predicted molar refractivity (Wildman–Crippen MR) is 117 cm³/mol. The van der Waals surface area contributed by atoms with E-state index >= 15 is 0 Å². The zero-order valence-corrected chi connectivity index (χ0v) is 17.6. The lowest BCUT2D eigenvalue weighted by molar-refractivity contribution is -0.661. The number of aromatic nitrogens is 2. The Kier molecular flexibility index (Phi) is 7.21. The van der Waals surface area contributed by atoms with E-state index in [-0.39, 0.29) is 17.3 Å². The lowest BCUT2D eigenvalue weighted by Crippen LogP contribution is -2.35. The summed E-state index contributed by atoms with van der Waals surface area (Å²) in [6, 6.07) is 15.9. The van der Waals surface area contributed by atoms with Gasteiger partial charge < -0.3 is 0 Å². The Balaban J connectivity index is 1.51. The van der Waals surface area contributed by atoms with Crippen LogP contribution in [0.5, 0.6) is 0 Å². The van der Waals surface area contributed by atoms with Crippen LogP contribution in [0.3, 0.4) is 0 Å². The number of nitrogens with one attached hydrogen (secondary N) is 2. The first kappa shape index (κ1) is 21.5. The zero-order valence-electron chi connectivity index (χ0n) is 16.0. The summed E-state index contributed by atoms with van der Waals surface area (Å²) in [4.78, 5) is 22.2. The molecule has 0 aliphatic carbocycles. The minimum atomic E-state index is -0.442. The van der Waals surface area contributed by atoms with Gasteiger partial charge in [-0.15, -0.1) is 16.9 Å². The van der Waals surface area contributed by atoms with Crippen molar-refractivity contribution in [2.24, 2.45) is 5.10 Å². The normalized spacial score (nSPS) is 11.0. The fourth-order valence-corrected chi connectivity index (χ4v) is 3.73. The Morgan fingerprint density at radius 2 is 1.97 bits per heavy atom. The van der Waals surface area contributed by atoms with Gasteiger partial charge in [-0.3, -0.25) is 14.9 Å². The molecule has 0 unspecified atom stereocenters. The maximum atomic E-state index is 12.0. The van der Waals surface area contributed by atoms with E-state index in [1.165, 1.54) is 30.1 Å². The average molecular weight is 445 g/mol. The first-order chi connectivity index (χ1) is 14.5. The number of hydrazone groups is 1. The molecule has 3 rings (SSSR count). The number of hydrogen-bond acceptors (Lipinski definition) is 5. The largest absolute Gasteiger partial charge is 0.272 e. The standard InChI is InChI=1S/C20H18ClN5O3S/c1-14-18(20(21)24-25(14)16-5-3-2-4-6-16)11-22-23-19(27)13-30-12-15-7-9-17(10-8-15)26(28)29/h2-11H,12-13H2,1H3,(H,23,27)/p+1/b22-11+. The van der Waals surface area contributed by atoms with Crippen molar-refractivity contribution < 1.29 is 14.4 Å². The number of amides is 1. The van der Waals surface area contributed by atoms with Crippen LogP contribution in [0.2, 0.25) is 5.15 Å². The van der Waals surface area contributed by atoms with Gasteiger partial charge in [0.2, 0.25) is 17.3 Å². The van der Waals surface area contributed by atoms with Crippen LogP contribution >= 0.6 is 23.4 Å². The van der Waals surface area contributed by atoms with Gasteiger partial charge >= 0.3 is 0 Å². The SMILES string of the molecule is Cc1c(/C=N/NC(=O)CSCc2ccc([N+](=O)[O-])cc2)c(Cl)[nH][n+]1-c1ccccc1. The highest BCUT2D eigenvalue weighted by molar-refractivity contribution is 7.99. The summed E-state index contributed by atoms with van der Waals surface area (Å²) in [7, 11) is 0. The van der Waals surface area contributed by atoms with E-state index in [0.29, 0.717) is 16.5 Å². The molecule has 0 bridgehead atoms. The first-order valence-corrected chi connectivity index (χ1v) is 10.5. The van der Waals surface area contributed by atoms with Crippen molar-refractivity contribution in [2.75, 3.05) is 5.75 Å². The van der Waals surface area contributed by atoms with Crippen molar-refractivity contribution in [3.05, 3.63) is 86.7 Å². The number of H-pyrrole nitrogens is 1. The maximum absolute atomic E-state index is 12.0. The number of nitro groups is 1. The number of non-ortho nitro benzene ring substituents is 1. The molecule has 0 aliphatic heterocycles. The second kappa shape index (κ2) is 10.0. The summed E-state index contributed by atoms with van der Waals surface area (Å²) < 4.78 is 1.84. The topological polar surface area (TPSA) is 104 Å². The van der Waals surface area contributed by atoms with Crippen molar-refractivity contribution in [1.29, 1.82) is 0 Å². The van der Waals surface area contributed by atoms with Crippen molar-refractivity contribution >= 4 is 41.2 Å². The fraction of sp³-hybridized carbons (Fsp3) is 0.150. The molecule has 0 atom stereocenters. The molecule has 2 N–H and O–H groups in total. The van der Waals surface area contributed by atoms with E-state index in [1.807, 2.05) is 41.9 Å². The zero-order chi connectivity index (χ0) is 21.5. The van der Waals surface area contributed by atoms with E-state index in [1.54, 1.807) is 12.1 Å². The highest BCUT2D eigenvalue weighted by atomic mass is 35.5. The number of halogens is 1. The van der Waals surface area contributed by atoms with E-state index in [0.717, 1.165) is 16.9 Å². The molecular formula is C20H19ClN5O3S+. The molecule has 0 aliphatic rings. The van der Waals surface area contributed by atoms with Crippen LogP contribution in [0.25, 0.3) is 5.69 Å². The molecule has 0 saturated carbocycles. The third-order valence-corrected chi connectivity index (χ3v) is 5.51. The van der Waals surface area contributed by atoms with Gasteiger partial charge in [0.25, 0.3) is 5.69 Å². The van der Waals surface area contributed by atoms with Crippen molar-refractivity contribution in [3.8, 4) is 5.69 Å². The number of carbonyl (C=O) groups is 1. The molecule has 0 radical (unpaired) electrons. The summed E-state index contributed by atoms with van der Waals surface area (Å²) in [5, 5.41) is 18.1. The van der Waals surface area contributed by atoms with Crippen LogP contribution in [-0.4, -0.2) is 27.9 Å². The quantitative estimate of drug-likeness (QED) is 0.240.